The van der Waals surface area contributed by atoms with E-state index < -0.39 is 33.7 Å². The highest BCUT2D eigenvalue weighted by Gasteiger charge is 2.70. The molecule has 0 saturated heterocycles. The van der Waals surface area contributed by atoms with Gasteiger partial charge >= 0.3 is 5.97 Å². The van der Waals surface area contributed by atoms with E-state index in [0.29, 0.717) is 43.3 Å². The monoisotopic (exact) mass is 498 g/mol. The van der Waals surface area contributed by atoms with E-state index in [1.807, 2.05) is 20.8 Å². The van der Waals surface area contributed by atoms with E-state index in [9.17, 15) is 24.3 Å². The van der Waals surface area contributed by atoms with Crippen molar-refractivity contribution in [1.82, 2.24) is 0 Å². The van der Waals surface area contributed by atoms with Gasteiger partial charge in [0.2, 0.25) is 0 Å². The predicted molar refractivity (Wildman–Crippen MR) is 136 cm³/mol. The maximum Gasteiger partial charge on any atom is 0.330 e. The number of hydrogen-bond acceptors (Lipinski definition) is 5. The number of hydrogen-bond donors (Lipinski definition) is 2. The van der Waals surface area contributed by atoms with Crippen molar-refractivity contribution in [3.05, 3.63) is 22.8 Å². The number of aliphatic carboxylic acids is 1. The lowest BCUT2D eigenvalue weighted by Crippen LogP contribution is -2.60. The number of fused-ring (bicyclic) bond motifs is 4. The molecular formula is C30H42O6. The van der Waals surface area contributed by atoms with E-state index in [1.54, 1.807) is 13.0 Å². The first-order valence-electron chi connectivity index (χ1n) is 13.5. The summed E-state index contributed by atoms with van der Waals surface area (Å²) in [5, 5.41) is 20.8. The van der Waals surface area contributed by atoms with Crippen molar-refractivity contribution in [3.8, 4) is 0 Å². The van der Waals surface area contributed by atoms with Gasteiger partial charge in [-0.2, -0.15) is 0 Å². The second-order valence-corrected chi connectivity index (χ2v) is 13.3. The van der Waals surface area contributed by atoms with Gasteiger partial charge in [-0.25, -0.2) is 4.79 Å². The molecule has 0 heterocycles. The van der Waals surface area contributed by atoms with Gasteiger partial charge in [0.1, 0.15) is 11.6 Å². The average molecular weight is 499 g/mol. The van der Waals surface area contributed by atoms with E-state index >= 15 is 0 Å². The Balaban J connectivity index is 1.76. The van der Waals surface area contributed by atoms with Crippen LogP contribution in [0.25, 0.3) is 0 Å². The van der Waals surface area contributed by atoms with E-state index in [4.69, 9.17) is 5.11 Å². The molecule has 0 aliphatic heterocycles. The lowest BCUT2D eigenvalue weighted by Gasteiger charge is -2.60. The minimum absolute atomic E-state index is 0.0139. The number of carbonyl (C=O) groups is 4. The van der Waals surface area contributed by atoms with Gasteiger partial charge in [0.25, 0.3) is 0 Å². The van der Waals surface area contributed by atoms with Gasteiger partial charge < -0.3 is 10.2 Å². The minimum atomic E-state index is -0.968. The Morgan fingerprint density at radius 3 is 2.33 bits per heavy atom. The maximum atomic E-state index is 13.9. The SMILES string of the molecule is CC(=CCC[C@@H](C)[C@H]1CC(=O)[C@@]2(C)C3=C([C@H](O)C[C@]12C)[C@@]1(C)CCC(=O)C(C)(C)[C@@H]1CC3=O)C(=O)O. The van der Waals surface area contributed by atoms with Crippen molar-refractivity contribution in [2.45, 2.75) is 99.5 Å². The second-order valence-electron chi connectivity index (χ2n) is 13.3. The Morgan fingerprint density at radius 1 is 1.08 bits per heavy atom. The molecule has 0 spiro atoms. The van der Waals surface area contributed by atoms with Crippen LogP contribution in [-0.2, 0) is 19.2 Å². The number of carboxylic acid groups (broad SMARTS) is 1. The first-order chi connectivity index (χ1) is 16.5. The number of allylic oxidation sites excluding steroid dienone is 2. The third kappa shape index (κ3) is 3.46. The van der Waals surface area contributed by atoms with Crippen LogP contribution in [0, 0.1) is 39.4 Å². The summed E-state index contributed by atoms with van der Waals surface area (Å²) in [5.74, 6) is -0.842. The number of aliphatic hydroxyl groups is 1. The third-order valence-corrected chi connectivity index (χ3v) is 11.3. The van der Waals surface area contributed by atoms with Crippen LogP contribution in [-0.4, -0.2) is 39.6 Å². The van der Waals surface area contributed by atoms with Gasteiger partial charge in [0.05, 0.1) is 11.5 Å². The molecule has 4 aliphatic carbocycles. The molecule has 0 bridgehead atoms. The fourth-order valence-corrected chi connectivity index (χ4v) is 8.76. The fourth-order valence-electron chi connectivity index (χ4n) is 8.76. The van der Waals surface area contributed by atoms with Gasteiger partial charge in [-0.3, -0.25) is 14.4 Å². The number of Topliss-reactive ketones (excluding diaryl/α,β-unsaturated/α-hetero) is 3. The van der Waals surface area contributed by atoms with Crippen LogP contribution >= 0.6 is 0 Å². The van der Waals surface area contributed by atoms with Crippen molar-refractivity contribution < 1.29 is 29.4 Å². The summed E-state index contributed by atoms with van der Waals surface area (Å²) >= 11 is 0. The van der Waals surface area contributed by atoms with Gasteiger partial charge in [-0.05, 0) is 73.7 Å². The van der Waals surface area contributed by atoms with Crippen LogP contribution in [0.5, 0.6) is 0 Å². The summed E-state index contributed by atoms with van der Waals surface area (Å²) in [6.45, 7) is 13.6. The number of rotatable bonds is 5. The second kappa shape index (κ2) is 8.47. The highest BCUT2D eigenvalue weighted by atomic mass is 16.4. The van der Waals surface area contributed by atoms with Crippen LogP contribution in [0.3, 0.4) is 0 Å². The molecule has 0 radical (unpaired) electrons. The molecular weight excluding hydrogens is 456 g/mol. The highest BCUT2D eigenvalue weighted by Crippen LogP contribution is 2.70. The van der Waals surface area contributed by atoms with Crippen molar-refractivity contribution in [3.63, 3.8) is 0 Å². The van der Waals surface area contributed by atoms with E-state index in [0.717, 1.165) is 12.0 Å². The smallest absolute Gasteiger partial charge is 0.330 e. The summed E-state index contributed by atoms with van der Waals surface area (Å²) < 4.78 is 0. The number of aliphatic hydroxyl groups excluding tert-OH is 1. The summed E-state index contributed by atoms with van der Waals surface area (Å²) in [6, 6.07) is 0. The standard InChI is InChI=1S/C30H42O6/c1-16(9-8-10-17(2)26(35)36)18-13-23(34)30(7)25-19(31)14-21-27(3,4)22(33)11-12-28(21,5)24(25)20(32)15-29(18,30)6/h10,16,18,20-21,32H,8-9,11-15H2,1-7H3,(H,35,36)/t16-,18-,20-,21+,28+,29-,30+/m1/s1. The number of carbonyl (C=O) groups excluding carboxylic acids is 3. The van der Waals surface area contributed by atoms with Gasteiger partial charge in [-0.15, -0.1) is 0 Å². The van der Waals surface area contributed by atoms with Crippen LogP contribution < -0.4 is 0 Å². The minimum Gasteiger partial charge on any atom is -0.478 e. The Morgan fingerprint density at radius 2 is 1.72 bits per heavy atom. The molecule has 0 aromatic carbocycles. The van der Waals surface area contributed by atoms with Crippen LogP contribution in [0.4, 0.5) is 0 Å². The normalized spacial score (nSPS) is 41.1. The molecule has 36 heavy (non-hydrogen) atoms. The molecule has 2 saturated carbocycles. The molecule has 0 unspecified atom stereocenters. The molecule has 2 fully saturated rings. The molecule has 0 aromatic rings. The molecule has 7 atom stereocenters. The fraction of sp³-hybridized carbons (Fsp3) is 0.733. The average Bonchev–Trinajstić information content (AvgIpc) is 2.99. The molecule has 6 heteroatoms. The highest BCUT2D eigenvalue weighted by molar-refractivity contribution is 6.08. The number of ketones is 3. The molecule has 4 aliphatic rings. The predicted octanol–water partition coefficient (Wildman–Crippen LogP) is 5.08. The van der Waals surface area contributed by atoms with E-state index in [1.165, 1.54) is 0 Å². The maximum absolute atomic E-state index is 13.9. The third-order valence-electron chi connectivity index (χ3n) is 11.3. The van der Waals surface area contributed by atoms with Crippen molar-refractivity contribution >= 4 is 23.3 Å². The molecule has 0 aromatic heterocycles. The van der Waals surface area contributed by atoms with E-state index in [2.05, 4.69) is 20.8 Å². The lowest BCUT2D eigenvalue weighted by molar-refractivity contribution is -0.146. The molecule has 6 nitrogen and oxygen atoms in total. The molecule has 198 valence electrons. The topological polar surface area (TPSA) is 109 Å². The summed E-state index contributed by atoms with van der Waals surface area (Å²) in [4.78, 5) is 51.7. The number of carboxylic acids is 1. The Kier molecular flexibility index (Phi) is 6.35. The van der Waals surface area contributed by atoms with Crippen molar-refractivity contribution in [1.29, 1.82) is 0 Å². The van der Waals surface area contributed by atoms with Crippen LogP contribution in [0.1, 0.15) is 93.4 Å². The van der Waals surface area contributed by atoms with Crippen molar-refractivity contribution in [2.75, 3.05) is 0 Å². The summed E-state index contributed by atoms with van der Waals surface area (Å²) in [7, 11) is 0. The zero-order valence-electron chi connectivity index (χ0n) is 22.9. The summed E-state index contributed by atoms with van der Waals surface area (Å²) in [5.41, 5.74) is -1.11. The van der Waals surface area contributed by atoms with Gasteiger partial charge in [-0.1, -0.05) is 40.7 Å². The Labute approximate surface area is 214 Å². The molecule has 0 amide bonds. The van der Waals surface area contributed by atoms with Gasteiger partial charge in [0, 0.05) is 35.8 Å². The largest absolute Gasteiger partial charge is 0.478 e. The lowest BCUT2D eigenvalue weighted by atomic mass is 9.42. The zero-order chi connectivity index (χ0) is 27.0. The van der Waals surface area contributed by atoms with Crippen LogP contribution in [0.2, 0.25) is 0 Å². The van der Waals surface area contributed by atoms with Crippen molar-refractivity contribution in [2.24, 2.45) is 39.4 Å². The first-order valence-corrected chi connectivity index (χ1v) is 13.5. The molecule has 2 N–H and O–H groups in total. The first kappa shape index (κ1) is 27.0. The zero-order valence-corrected chi connectivity index (χ0v) is 22.9. The van der Waals surface area contributed by atoms with E-state index in [-0.39, 0.29) is 41.5 Å². The summed E-state index contributed by atoms with van der Waals surface area (Å²) in [6.07, 6.45) is 4.27. The Bertz CT molecular complexity index is 1090. The van der Waals surface area contributed by atoms with Gasteiger partial charge in [0.15, 0.2) is 5.78 Å². The quantitative estimate of drug-likeness (QED) is 0.512. The Hall–Kier alpha value is -2.08. The molecule has 4 rings (SSSR count). The van der Waals surface area contributed by atoms with Crippen LogP contribution in [0.15, 0.2) is 22.8 Å².